The van der Waals surface area contributed by atoms with Crippen molar-refractivity contribution in [1.29, 1.82) is 0 Å². The molecule has 8 heteroatoms. The van der Waals surface area contributed by atoms with Gasteiger partial charge in [0.05, 0.1) is 5.02 Å². The number of benzene rings is 2. The van der Waals surface area contributed by atoms with E-state index in [-0.39, 0.29) is 31.2 Å². The third kappa shape index (κ3) is 5.89. The van der Waals surface area contributed by atoms with Gasteiger partial charge < -0.3 is 15.4 Å². The summed E-state index contributed by atoms with van der Waals surface area (Å²) < 4.78 is 18.7. The fourth-order valence-corrected chi connectivity index (χ4v) is 2.33. The summed E-state index contributed by atoms with van der Waals surface area (Å²) in [5.74, 6) is -0.927. The zero-order valence-electron chi connectivity index (χ0n) is 13.9. The molecule has 0 fully saturated rings. The van der Waals surface area contributed by atoms with Crippen molar-refractivity contribution < 1.29 is 18.7 Å². The van der Waals surface area contributed by atoms with Gasteiger partial charge in [-0.05, 0) is 36.8 Å². The highest BCUT2D eigenvalue weighted by Crippen LogP contribution is 2.27. The highest BCUT2D eigenvalue weighted by Gasteiger charge is 2.09. The van der Waals surface area contributed by atoms with E-state index in [4.69, 9.17) is 27.9 Å². The molecular weight excluding hydrogens is 382 g/mol. The van der Waals surface area contributed by atoms with Crippen LogP contribution in [0.2, 0.25) is 10.0 Å². The molecule has 0 atom stereocenters. The molecule has 2 aromatic rings. The van der Waals surface area contributed by atoms with Gasteiger partial charge in [-0.1, -0.05) is 29.3 Å². The monoisotopic (exact) mass is 398 g/mol. The van der Waals surface area contributed by atoms with Crippen molar-refractivity contribution in [2.45, 2.75) is 6.92 Å². The summed E-state index contributed by atoms with van der Waals surface area (Å²) in [4.78, 5) is 23.6. The molecule has 138 valence electrons. The van der Waals surface area contributed by atoms with E-state index >= 15 is 0 Å². The lowest BCUT2D eigenvalue weighted by Crippen LogP contribution is -2.36. The van der Waals surface area contributed by atoms with Crippen LogP contribution in [0.15, 0.2) is 36.4 Å². The summed E-state index contributed by atoms with van der Waals surface area (Å²) in [7, 11) is 0. The second-order valence-electron chi connectivity index (χ2n) is 5.43. The van der Waals surface area contributed by atoms with Crippen LogP contribution in [0.4, 0.5) is 4.39 Å². The third-order valence-corrected chi connectivity index (χ3v) is 3.97. The van der Waals surface area contributed by atoms with Gasteiger partial charge in [0, 0.05) is 29.7 Å². The molecular formula is C18H17Cl2FN2O3. The van der Waals surface area contributed by atoms with E-state index in [9.17, 15) is 14.0 Å². The number of carbonyl (C=O) groups excluding carboxylic acids is 2. The normalized spacial score (nSPS) is 10.3. The molecule has 2 N–H and O–H groups in total. The molecule has 2 aromatic carbocycles. The maximum Gasteiger partial charge on any atom is 0.258 e. The maximum absolute atomic E-state index is 13.4. The van der Waals surface area contributed by atoms with Gasteiger partial charge in [-0.15, -0.1) is 0 Å². The first kappa shape index (κ1) is 20.0. The third-order valence-electron chi connectivity index (χ3n) is 3.42. The van der Waals surface area contributed by atoms with Gasteiger partial charge in [-0.2, -0.15) is 0 Å². The van der Waals surface area contributed by atoms with Crippen molar-refractivity contribution >= 4 is 35.0 Å². The van der Waals surface area contributed by atoms with Gasteiger partial charge in [-0.25, -0.2) is 4.39 Å². The van der Waals surface area contributed by atoms with Crippen LogP contribution in [0.25, 0.3) is 0 Å². The summed E-state index contributed by atoms with van der Waals surface area (Å²) in [6.07, 6.45) is 0. The first-order chi connectivity index (χ1) is 12.4. The molecule has 0 radical (unpaired) electrons. The van der Waals surface area contributed by atoms with Crippen molar-refractivity contribution in [2.24, 2.45) is 0 Å². The number of carbonyl (C=O) groups is 2. The molecule has 0 saturated heterocycles. The number of halogens is 3. The van der Waals surface area contributed by atoms with E-state index in [1.165, 1.54) is 24.3 Å². The molecule has 0 unspecified atom stereocenters. The van der Waals surface area contributed by atoms with Crippen LogP contribution >= 0.6 is 23.2 Å². The molecule has 2 amide bonds. The van der Waals surface area contributed by atoms with Gasteiger partial charge in [0.1, 0.15) is 11.6 Å². The van der Waals surface area contributed by atoms with Crippen molar-refractivity contribution in [3.63, 3.8) is 0 Å². The van der Waals surface area contributed by atoms with Crippen LogP contribution in [0, 0.1) is 12.7 Å². The fraction of sp³-hybridized carbons (Fsp3) is 0.222. The Hall–Kier alpha value is -2.31. The van der Waals surface area contributed by atoms with Gasteiger partial charge in [-0.3, -0.25) is 9.59 Å². The standard InChI is InChI=1S/C18H17Cl2FN2O3/c1-11-2-3-12(8-15(11)21)18(25)23-7-6-22-17(24)10-26-16-9-13(19)4-5-14(16)20/h2-5,8-9H,6-7,10H2,1H3,(H,22,24)(H,23,25). The lowest BCUT2D eigenvalue weighted by molar-refractivity contribution is -0.123. The Bertz CT molecular complexity index is 815. The number of amides is 2. The summed E-state index contributed by atoms with van der Waals surface area (Å²) in [5, 5.41) is 5.97. The average Bonchev–Trinajstić information content (AvgIpc) is 2.61. The summed E-state index contributed by atoms with van der Waals surface area (Å²) in [6, 6.07) is 8.93. The second kappa shape index (κ2) is 9.40. The van der Waals surface area contributed by atoms with Crippen LogP contribution in [0.3, 0.4) is 0 Å². The number of rotatable bonds is 7. The Morgan fingerprint density at radius 2 is 1.81 bits per heavy atom. The Kier molecular flexibility index (Phi) is 7.24. The zero-order chi connectivity index (χ0) is 19.1. The SMILES string of the molecule is Cc1ccc(C(=O)NCCNC(=O)COc2cc(Cl)ccc2Cl)cc1F. The minimum absolute atomic E-state index is 0.192. The van der Waals surface area contributed by atoms with E-state index in [1.54, 1.807) is 19.1 Å². The van der Waals surface area contributed by atoms with E-state index in [0.29, 0.717) is 21.4 Å². The van der Waals surface area contributed by atoms with Gasteiger partial charge in [0.2, 0.25) is 0 Å². The number of hydrogen-bond donors (Lipinski definition) is 2. The summed E-state index contributed by atoms with van der Waals surface area (Å²) >= 11 is 11.8. The van der Waals surface area contributed by atoms with Crippen LogP contribution in [0.5, 0.6) is 5.75 Å². The molecule has 0 saturated carbocycles. The smallest absolute Gasteiger partial charge is 0.258 e. The molecule has 5 nitrogen and oxygen atoms in total. The molecule has 0 heterocycles. The number of nitrogens with one attached hydrogen (secondary N) is 2. The first-order valence-corrected chi connectivity index (χ1v) is 8.51. The first-order valence-electron chi connectivity index (χ1n) is 7.75. The molecule has 2 rings (SSSR count). The zero-order valence-corrected chi connectivity index (χ0v) is 15.5. The van der Waals surface area contributed by atoms with E-state index in [2.05, 4.69) is 10.6 Å². The van der Waals surface area contributed by atoms with E-state index in [0.717, 1.165) is 0 Å². The minimum Gasteiger partial charge on any atom is -0.482 e. The molecule has 0 aliphatic rings. The predicted octanol–water partition coefficient (Wildman–Crippen LogP) is 3.37. The molecule has 0 spiro atoms. The van der Waals surface area contributed by atoms with Crippen LogP contribution in [-0.4, -0.2) is 31.5 Å². The minimum atomic E-state index is -0.442. The highest BCUT2D eigenvalue weighted by molar-refractivity contribution is 6.34. The van der Waals surface area contributed by atoms with Crippen LogP contribution in [0.1, 0.15) is 15.9 Å². The predicted molar refractivity (Wildman–Crippen MR) is 98.4 cm³/mol. The average molecular weight is 399 g/mol. The molecule has 0 aliphatic heterocycles. The Balaban J connectivity index is 1.70. The van der Waals surface area contributed by atoms with Crippen molar-refractivity contribution in [2.75, 3.05) is 19.7 Å². The van der Waals surface area contributed by atoms with E-state index in [1.807, 2.05) is 0 Å². The summed E-state index contributed by atoms with van der Waals surface area (Å²) in [6.45, 7) is 1.77. The number of aryl methyl sites for hydroxylation is 1. The van der Waals surface area contributed by atoms with Crippen molar-refractivity contribution in [3.05, 3.63) is 63.4 Å². The highest BCUT2D eigenvalue weighted by atomic mass is 35.5. The molecule has 0 aliphatic carbocycles. The molecule has 0 bridgehead atoms. The van der Waals surface area contributed by atoms with E-state index < -0.39 is 11.7 Å². The quantitative estimate of drug-likeness (QED) is 0.702. The molecule has 26 heavy (non-hydrogen) atoms. The van der Waals surface area contributed by atoms with Crippen molar-refractivity contribution in [3.8, 4) is 5.75 Å². The summed E-state index contributed by atoms with van der Waals surface area (Å²) in [5.41, 5.74) is 0.687. The topological polar surface area (TPSA) is 67.4 Å². The van der Waals surface area contributed by atoms with Crippen molar-refractivity contribution in [1.82, 2.24) is 10.6 Å². The largest absolute Gasteiger partial charge is 0.482 e. The van der Waals surface area contributed by atoms with Gasteiger partial charge >= 0.3 is 0 Å². The Morgan fingerprint density at radius 3 is 2.54 bits per heavy atom. The lowest BCUT2D eigenvalue weighted by Gasteiger charge is -2.10. The Morgan fingerprint density at radius 1 is 1.08 bits per heavy atom. The fourth-order valence-electron chi connectivity index (χ4n) is 2.00. The number of ether oxygens (including phenoxy) is 1. The van der Waals surface area contributed by atoms with Crippen LogP contribution in [-0.2, 0) is 4.79 Å². The van der Waals surface area contributed by atoms with Crippen LogP contribution < -0.4 is 15.4 Å². The van der Waals surface area contributed by atoms with Gasteiger partial charge in [0.15, 0.2) is 6.61 Å². The molecule has 0 aromatic heterocycles. The second-order valence-corrected chi connectivity index (χ2v) is 6.28. The lowest BCUT2D eigenvalue weighted by atomic mass is 10.1. The van der Waals surface area contributed by atoms with Gasteiger partial charge in [0.25, 0.3) is 11.8 Å². The number of hydrogen-bond acceptors (Lipinski definition) is 3. The maximum atomic E-state index is 13.4. The Labute approximate surface area is 160 Å².